The Morgan fingerprint density at radius 1 is 0.629 bits per heavy atom. The Labute approximate surface area is 575 Å². The number of primary amides is 1. The molecule has 11 atom stereocenters. The standard InChI is InChI=1S/C71H115N13O13/c1-17-46(10)62(82(14)70(94)60(43(4)5)80-69(93)61(44(6)7)81(12)13)55(96-15)40-58(87)84-36-22-26-54(84)63(97-16)47(11)64(88)78-53(39-48-23-19-18-20-24-48)66(90)74-41-49-27-29-51(30-28-49)76-67(91)52(25-21-35-73-71(72)95)77-68(92)59(42(2)3)79-56(85)31-32-57(86)83-37-33-50(34-38-83)65(89)75-45(8)9/h18-20,23-24,27-30,42-47,50,52-55,59-63H,17,21-22,25-26,31-41H2,1-16H3,(H,74,90)(H,75,89)(H,76,91)(H,77,92)(H,78,88)(H,79,85)(H,80,93)(H3,72,73,95)/t46-,47+,52-,53-,54-,55+,59-,60-,61-,62-,63+/m0/s1. The summed E-state index contributed by atoms with van der Waals surface area (Å²) in [6.45, 7) is 22.0. The maximum absolute atomic E-state index is 14.6. The predicted octanol–water partition coefficient (Wildman–Crippen LogP) is 4.23. The summed E-state index contributed by atoms with van der Waals surface area (Å²) in [5.74, 6) is -5.48. The highest BCUT2D eigenvalue weighted by molar-refractivity contribution is 5.99. The molecule has 4 rings (SSSR count). The molecule has 12 amide bonds. The summed E-state index contributed by atoms with van der Waals surface area (Å²) in [4.78, 5) is 157. The minimum atomic E-state index is -1.13. The number of hydrogen-bond donors (Lipinski definition) is 9. The van der Waals surface area contributed by atoms with Gasteiger partial charge in [0.05, 0.1) is 42.7 Å². The number of hydrogen-bond acceptors (Lipinski definition) is 14. The van der Waals surface area contributed by atoms with Gasteiger partial charge in [-0.15, -0.1) is 0 Å². The van der Waals surface area contributed by atoms with E-state index in [1.165, 1.54) is 14.2 Å². The second-order valence-corrected chi connectivity index (χ2v) is 27.7. The molecule has 26 nitrogen and oxygen atoms in total. The molecule has 0 aromatic heterocycles. The van der Waals surface area contributed by atoms with Gasteiger partial charge in [0.25, 0.3) is 0 Å². The van der Waals surface area contributed by atoms with E-state index in [9.17, 15) is 52.7 Å². The summed E-state index contributed by atoms with van der Waals surface area (Å²) in [5.41, 5.74) is 7.08. The van der Waals surface area contributed by atoms with Crippen molar-refractivity contribution in [2.45, 2.75) is 214 Å². The number of nitrogens with one attached hydrogen (secondary N) is 8. The number of likely N-dealkylation sites (N-methyl/N-ethyl adjacent to an activating group) is 2. The van der Waals surface area contributed by atoms with Gasteiger partial charge in [-0.2, -0.15) is 0 Å². The Hall–Kier alpha value is -7.71. The number of anilines is 1. The van der Waals surface area contributed by atoms with Gasteiger partial charge in [0.15, 0.2) is 0 Å². The van der Waals surface area contributed by atoms with Crippen molar-refractivity contribution in [3.63, 3.8) is 0 Å². The van der Waals surface area contributed by atoms with Crippen molar-refractivity contribution in [1.82, 2.24) is 56.8 Å². The lowest BCUT2D eigenvalue weighted by Gasteiger charge is -2.41. The number of likely N-dealkylation sites (tertiary alicyclic amines) is 2. The average Bonchev–Trinajstić information content (AvgIpc) is 1.81. The van der Waals surface area contributed by atoms with Gasteiger partial charge in [-0.05, 0) is 113 Å². The fraction of sp³-hybridized carbons (Fsp3) is 0.676. The van der Waals surface area contributed by atoms with Crippen LogP contribution in [0.3, 0.4) is 0 Å². The van der Waals surface area contributed by atoms with Crippen LogP contribution < -0.4 is 48.3 Å². The molecule has 2 aliphatic rings. The molecule has 0 saturated carbocycles. The Kier molecular flexibility index (Phi) is 33.9. The maximum Gasteiger partial charge on any atom is 0.312 e. The van der Waals surface area contributed by atoms with Gasteiger partial charge in [0, 0.05) is 90.9 Å². The number of rotatable bonds is 38. The van der Waals surface area contributed by atoms with Gasteiger partial charge < -0.3 is 72.4 Å². The number of amides is 12. The van der Waals surface area contributed by atoms with Crippen molar-refractivity contribution in [2.24, 2.45) is 41.2 Å². The van der Waals surface area contributed by atoms with Crippen LogP contribution in [0.5, 0.6) is 0 Å². The fourth-order valence-corrected chi connectivity index (χ4v) is 13.0. The SMILES string of the molecule is CC[C@H](C)[C@@H]([C@@H](CC(=O)N1CCC[C@H]1[C@H](OC)[C@@H](C)C(=O)N[C@@H](Cc1ccccc1)C(=O)NCc1ccc(NC(=O)[C@H](CCCNC(N)=O)NC(=O)[C@@H](NC(=O)CCC(=O)N2CCC(C(=O)NC(C)C)CC2)C(C)C)cc1)OC)N(C)C(=O)[C@@H](NC(=O)[C@H](C(C)C)N(C)C)C(C)C. The highest BCUT2D eigenvalue weighted by Gasteiger charge is 2.44. The highest BCUT2D eigenvalue weighted by atomic mass is 16.5. The van der Waals surface area contributed by atoms with E-state index in [-0.39, 0.29) is 111 Å². The molecule has 542 valence electrons. The zero-order valence-corrected chi connectivity index (χ0v) is 60.4. The molecule has 0 unspecified atom stereocenters. The Bertz CT molecular complexity index is 2900. The molecule has 0 aliphatic carbocycles. The summed E-state index contributed by atoms with van der Waals surface area (Å²) >= 11 is 0. The molecule has 2 aromatic rings. The van der Waals surface area contributed by atoms with Crippen molar-refractivity contribution < 1.29 is 62.2 Å². The molecule has 0 radical (unpaired) electrons. The number of ether oxygens (including phenoxy) is 2. The second-order valence-electron chi connectivity index (χ2n) is 27.7. The van der Waals surface area contributed by atoms with Crippen LogP contribution in [0.25, 0.3) is 0 Å². The first-order chi connectivity index (χ1) is 45.8. The number of carbonyl (C=O) groups excluding carboxylic acids is 11. The summed E-state index contributed by atoms with van der Waals surface area (Å²) in [5, 5.41) is 22.7. The van der Waals surface area contributed by atoms with E-state index < -0.39 is 102 Å². The van der Waals surface area contributed by atoms with Crippen LogP contribution in [-0.4, -0.2) is 207 Å². The Morgan fingerprint density at radius 3 is 1.81 bits per heavy atom. The van der Waals surface area contributed by atoms with Crippen LogP contribution in [-0.2, 0) is 70.4 Å². The van der Waals surface area contributed by atoms with Crippen LogP contribution in [0.2, 0.25) is 0 Å². The van der Waals surface area contributed by atoms with Crippen molar-refractivity contribution in [2.75, 3.05) is 66.9 Å². The van der Waals surface area contributed by atoms with Crippen molar-refractivity contribution in [3.8, 4) is 0 Å². The van der Waals surface area contributed by atoms with Gasteiger partial charge in [-0.3, -0.25) is 52.8 Å². The molecule has 0 spiro atoms. The molecule has 2 aromatic carbocycles. The zero-order valence-electron chi connectivity index (χ0n) is 60.4. The monoisotopic (exact) mass is 1360 g/mol. The van der Waals surface area contributed by atoms with Crippen LogP contribution in [0.1, 0.15) is 151 Å². The van der Waals surface area contributed by atoms with Gasteiger partial charge in [-0.25, -0.2) is 4.79 Å². The number of nitrogens with two attached hydrogens (primary N) is 1. The third kappa shape index (κ3) is 25.3. The number of methoxy groups -OCH3 is 2. The first-order valence-corrected chi connectivity index (χ1v) is 34.7. The molecule has 26 heteroatoms. The van der Waals surface area contributed by atoms with Crippen LogP contribution in [0.4, 0.5) is 10.5 Å². The van der Waals surface area contributed by atoms with E-state index in [4.69, 9.17) is 15.2 Å². The summed E-state index contributed by atoms with van der Waals surface area (Å²) in [6.07, 6.45) is 1.56. The molecular formula is C71H115N13O13. The van der Waals surface area contributed by atoms with Crippen LogP contribution >= 0.6 is 0 Å². The van der Waals surface area contributed by atoms with Gasteiger partial charge >= 0.3 is 6.03 Å². The topological polar surface area (TPSA) is 341 Å². The first-order valence-electron chi connectivity index (χ1n) is 34.7. The minimum Gasteiger partial charge on any atom is -0.379 e. The largest absolute Gasteiger partial charge is 0.379 e. The third-order valence-electron chi connectivity index (χ3n) is 18.6. The second kappa shape index (κ2) is 40.2. The van der Waals surface area contributed by atoms with Crippen molar-refractivity contribution in [1.29, 1.82) is 0 Å². The first kappa shape index (κ1) is 81.7. The van der Waals surface area contributed by atoms with E-state index in [2.05, 4.69) is 42.5 Å². The van der Waals surface area contributed by atoms with Gasteiger partial charge in [-0.1, -0.05) is 111 Å². The van der Waals surface area contributed by atoms with Gasteiger partial charge in [0.1, 0.15) is 24.2 Å². The molecule has 2 fully saturated rings. The van der Waals surface area contributed by atoms with Crippen molar-refractivity contribution in [3.05, 3.63) is 65.7 Å². The minimum absolute atomic E-state index is 0.00656. The molecule has 2 aliphatic heterocycles. The smallest absolute Gasteiger partial charge is 0.312 e. The predicted molar refractivity (Wildman–Crippen MR) is 372 cm³/mol. The maximum atomic E-state index is 14.6. The fourth-order valence-electron chi connectivity index (χ4n) is 13.0. The number of nitrogens with zero attached hydrogens (tertiary/aromatic N) is 4. The third-order valence-corrected chi connectivity index (χ3v) is 18.6. The lowest BCUT2D eigenvalue weighted by Crippen LogP contribution is -2.59. The molecule has 2 heterocycles. The number of carbonyl (C=O) groups is 11. The number of urea groups is 1. The lowest BCUT2D eigenvalue weighted by molar-refractivity contribution is -0.148. The van der Waals surface area contributed by atoms with Crippen LogP contribution in [0.15, 0.2) is 54.6 Å². The van der Waals surface area contributed by atoms with Crippen LogP contribution in [0, 0.1) is 35.5 Å². The summed E-state index contributed by atoms with van der Waals surface area (Å²) < 4.78 is 12.2. The quantitative estimate of drug-likeness (QED) is 0.0425. The number of piperidine rings is 1. The Morgan fingerprint density at radius 2 is 1.26 bits per heavy atom. The normalized spacial score (nSPS) is 17.4. The summed E-state index contributed by atoms with van der Waals surface area (Å²) in [7, 11) is 8.40. The zero-order chi connectivity index (χ0) is 72.4. The Balaban J connectivity index is 1.42. The molecule has 97 heavy (non-hydrogen) atoms. The van der Waals surface area contributed by atoms with E-state index in [0.717, 1.165) is 5.56 Å². The molecular weight excluding hydrogens is 1240 g/mol. The van der Waals surface area contributed by atoms with E-state index in [0.29, 0.717) is 63.0 Å². The molecule has 10 N–H and O–H groups in total. The van der Waals surface area contributed by atoms with Crippen molar-refractivity contribution >= 4 is 70.8 Å². The lowest BCUT2D eigenvalue weighted by atomic mass is 9.89. The molecule has 0 bridgehead atoms. The van der Waals surface area contributed by atoms with E-state index >= 15 is 0 Å². The molecule has 2 saturated heterocycles. The van der Waals surface area contributed by atoms with E-state index in [1.54, 1.807) is 66.8 Å². The average molecular weight is 1360 g/mol. The summed E-state index contributed by atoms with van der Waals surface area (Å²) in [6, 6.07) is 9.59. The number of benzene rings is 2. The highest BCUT2D eigenvalue weighted by Crippen LogP contribution is 2.30. The van der Waals surface area contributed by atoms with E-state index in [1.807, 2.05) is 105 Å². The van der Waals surface area contributed by atoms with Gasteiger partial charge in [0.2, 0.25) is 59.1 Å².